The van der Waals surface area contributed by atoms with Crippen LogP contribution in [0.25, 0.3) is 0 Å². The second-order valence-corrected chi connectivity index (χ2v) is 4.70. The Morgan fingerprint density at radius 1 is 1.21 bits per heavy atom. The zero-order chi connectivity index (χ0) is 14.6. The van der Waals surface area contributed by atoms with Gasteiger partial charge in [-0.25, -0.2) is 0 Å². The summed E-state index contributed by atoms with van der Waals surface area (Å²) in [5, 5.41) is 5.72. The number of hydrogen-bond donors (Lipinski definition) is 4. The van der Waals surface area contributed by atoms with Gasteiger partial charge in [0.2, 0.25) is 5.91 Å². The van der Waals surface area contributed by atoms with E-state index in [0.717, 1.165) is 0 Å². The van der Waals surface area contributed by atoms with Crippen LogP contribution in [-0.2, 0) is 4.79 Å². The van der Waals surface area contributed by atoms with E-state index in [-0.39, 0.29) is 11.9 Å². The summed E-state index contributed by atoms with van der Waals surface area (Å²) in [5.74, 6) is -0.730. The minimum absolute atomic E-state index is 0.0493. The van der Waals surface area contributed by atoms with E-state index >= 15 is 0 Å². The first-order valence-corrected chi connectivity index (χ1v) is 6.07. The van der Waals surface area contributed by atoms with Crippen molar-refractivity contribution in [2.75, 3.05) is 11.1 Å². The van der Waals surface area contributed by atoms with Crippen LogP contribution < -0.4 is 22.1 Å². The van der Waals surface area contributed by atoms with E-state index in [9.17, 15) is 9.59 Å². The second-order valence-electron chi connectivity index (χ2n) is 4.70. The van der Waals surface area contributed by atoms with Gasteiger partial charge < -0.3 is 22.1 Å². The predicted octanol–water partition coefficient (Wildman–Crippen LogP) is 0.693. The molecule has 1 unspecified atom stereocenters. The van der Waals surface area contributed by atoms with Gasteiger partial charge in [-0.05, 0) is 39.0 Å². The van der Waals surface area contributed by atoms with E-state index < -0.39 is 11.9 Å². The molecule has 1 aromatic rings. The smallest absolute Gasteiger partial charge is 0.250 e. The van der Waals surface area contributed by atoms with Crippen LogP contribution in [0, 0.1) is 0 Å². The van der Waals surface area contributed by atoms with E-state index in [2.05, 4.69) is 10.6 Å². The van der Waals surface area contributed by atoms with Gasteiger partial charge in [0.1, 0.15) is 6.04 Å². The minimum Gasteiger partial charge on any atom is -0.399 e. The molecule has 1 aromatic carbocycles. The summed E-state index contributed by atoms with van der Waals surface area (Å²) in [4.78, 5) is 23.1. The SMILES string of the molecule is CC(C)NC(=O)C(C)Nc1cc(N)ccc1C(N)=O. The number of benzene rings is 1. The molecule has 0 aliphatic carbocycles. The third-order valence-electron chi connectivity index (χ3n) is 2.51. The lowest BCUT2D eigenvalue weighted by Crippen LogP contribution is -2.41. The van der Waals surface area contributed by atoms with Crippen molar-refractivity contribution in [3.63, 3.8) is 0 Å². The predicted molar refractivity (Wildman–Crippen MR) is 75.7 cm³/mol. The van der Waals surface area contributed by atoms with Gasteiger partial charge in [-0.1, -0.05) is 0 Å². The lowest BCUT2D eigenvalue weighted by Gasteiger charge is -2.18. The van der Waals surface area contributed by atoms with Crippen LogP contribution in [0.15, 0.2) is 18.2 Å². The first-order chi connectivity index (χ1) is 8.81. The van der Waals surface area contributed by atoms with Crippen LogP contribution in [0.1, 0.15) is 31.1 Å². The summed E-state index contributed by atoms with van der Waals surface area (Å²) in [6.45, 7) is 5.45. The van der Waals surface area contributed by atoms with E-state index in [1.807, 2.05) is 13.8 Å². The van der Waals surface area contributed by atoms with Gasteiger partial charge in [0.05, 0.1) is 5.56 Å². The summed E-state index contributed by atoms with van der Waals surface area (Å²) in [6, 6.07) is 4.26. The number of carbonyl (C=O) groups is 2. The molecule has 0 aliphatic heterocycles. The molecule has 1 rings (SSSR count). The van der Waals surface area contributed by atoms with Crippen LogP contribution in [0.4, 0.5) is 11.4 Å². The molecule has 0 spiro atoms. The van der Waals surface area contributed by atoms with E-state index in [4.69, 9.17) is 11.5 Å². The first kappa shape index (κ1) is 14.8. The fraction of sp³-hybridized carbons (Fsp3) is 0.385. The number of nitrogens with one attached hydrogen (secondary N) is 2. The monoisotopic (exact) mass is 264 g/mol. The van der Waals surface area contributed by atoms with Crippen molar-refractivity contribution in [2.24, 2.45) is 5.73 Å². The molecule has 0 radical (unpaired) electrons. The molecule has 0 bridgehead atoms. The Bertz CT molecular complexity index is 486. The Hall–Kier alpha value is -2.24. The van der Waals surface area contributed by atoms with Gasteiger partial charge in [-0.3, -0.25) is 9.59 Å². The maximum absolute atomic E-state index is 11.8. The molecule has 1 atom stereocenters. The van der Waals surface area contributed by atoms with Crippen molar-refractivity contribution in [3.8, 4) is 0 Å². The molecular formula is C13H20N4O2. The van der Waals surface area contributed by atoms with Gasteiger partial charge in [-0.15, -0.1) is 0 Å². The number of primary amides is 1. The van der Waals surface area contributed by atoms with Gasteiger partial charge >= 0.3 is 0 Å². The Balaban J connectivity index is 2.89. The van der Waals surface area contributed by atoms with Crippen LogP contribution >= 0.6 is 0 Å². The van der Waals surface area contributed by atoms with Crippen molar-refractivity contribution in [1.29, 1.82) is 0 Å². The molecule has 104 valence electrons. The van der Waals surface area contributed by atoms with Crippen molar-refractivity contribution in [1.82, 2.24) is 5.32 Å². The lowest BCUT2D eigenvalue weighted by atomic mass is 10.1. The maximum Gasteiger partial charge on any atom is 0.250 e. The fourth-order valence-corrected chi connectivity index (χ4v) is 1.60. The van der Waals surface area contributed by atoms with Crippen molar-refractivity contribution < 1.29 is 9.59 Å². The largest absolute Gasteiger partial charge is 0.399 e. The molecule has 0 fully saturated rings. The number of nitrogen functional groups attached to an aromatic ring is 1. The number of anilines is 2. The fourth-order valence-electron chi connectivity index (χ4n) is 1.60. The topological polar surface area (TPSA) is 110 Å². The third kappa shape index (κ3) is 4.17. The summed E-state index contributed by atoms with van der Waals surface area (Å²) in [5.41, 5.74) is 12.2. The molecule has 6 nitrogen and oxygen atoms in total. The molecule has 6 N–H and O–H groups in total. The lowest BCUT2D eigenvalue weighted by molar-refractivity contribution is -0.122. The maximum atomic E-state index is 11.8. The van der Waals surface area contributed by atoms with E-state index in [1.54, 1.807) is 19.1 Å². The highest BCUT2D eigenvalue weighted by Crippen LogP contribution is 2.19. The Kier molecular flexibility index (Phi) is 4.74. The molecule has 0 aliphatic rings. The first-order valence-electron chi connectivity index (χ1n) is 6.07. The molecule has 0 heterocycles. The van der Waals surface area contributed by atoms with Crippen LogP contribution in [0.5, 0.6) is 0 Å². The number of hydrogen-bond acceptors (Lipinski definition) is 4. The van der Waals surface area contributed by atoms with Gasteiger partial charge in [0, 0.05) is 17.4 Å². The molecule has 0 saturated heterocycles. The number of rotatable bonds is 5. The number of amides is 2. The molecule has 2 amide bonds. The number of carbonyl (C=O) groups excluding carboxylic acids is 2. The Labute approximate surface area is 112 Å². The summed E-state index contributed by atoms with van der Waals surface area (Å²) in [7, 11) is 0. The van der Waals surface area contributed by atoms with Crippen molar-refractivity contribution in [3.05, 3.63) is 23.8 Å². The van der Waals surface area contributed by atoms with Crippen LogP contribution in [0.2, 0.25) is 0 Å². The van der Waals surface area contributed by atoms with Gasteiger partial charge in [0.15, 0.2) is 0 Å². The molecule has 0 saturated carbocycles. The quantitative estimate of drug-likeness (QED) is 0.586. The highest BCUT2D eigenvalue weighted by Gasteiger charge is 2.16. The van der Waals surface area contributed by atoms with Gasteiger partial charge in [0.25, 0.3) is 5.91 Å². The van der Waals surface area contributed by atoms with Crippen LogP contribution in [-0.4, -0.2) is 23.9 Å². The highest BCUT2D eigenvalue weighted by molar-refractivity contribution is 6.00. The van der Waals surface area contributed by atoms with E-state index in [1.165, 1.54) is 6.07 Å². The molecular weight excluding hydrogens is 244 g/mol. The third-order valence-corrected chi connectivity index (χ3v) is 2.51. The molecule has 19 heavy (non-hydrogen) atoms. The van der Waals surface area contributed by atoms with Crippen molar-refractivity contribution in [2.45, 2.75) is 32.9 Å². The zero-order valence-corrected chi connectivity index (χ0v) is 11.4. The number of nitrogens with two attached hydrogens (primary N) is 2. The molecule has 0 aromatic heterocycles. The second kappa shape index (κ2) is 6.08. The van der Waals surface area contributed by atoms with E-state index in [0.29, 0.717) is 16.9 Å². The average molecular weight is 264 g/mol. The van der Waals surface area contributed by atoms with Crippen molar-refractivity contribution >= 4 is 23.2 Å². The normalized spacial score (nSPS) is 12.0. The average Bonchev–Trinajstić information content (AvgIpc) is 2.27. The Morgan fingerprint density at radius 2 is 1.84 bits per heavy atom. The highest BCUT2D eigenvalue weighted by atomic mass is 16.2. The van der Waals surface area contributed by atoms with Gasteiger partial charge in [-0.2, -0.15) is 0 Å². The standard InChI is InChI=1S/C13H20N4O2/c1-7(2)16-13(19)8(3)17-11-6-9(14)4-5-10(11)12(15)18/h4-8,17H,14H2,1-3H3,(H2,15,18)(H,16,19). The summed E-state index contributed by atoms with van der Waals surface area (Å²) < 4.78 is 0. The molecule has 6 heteroatoms. The summed E-state index contributed by atoms with van der Waals surface area (Å²) >= 11 is 0. The zero-order valence-electron chi connectivity index (χ0n) is 11.4. The van der Waals surface area contributed by atoms with Crippen LogP contribution in [0.3, 0.4) is 0 Å². The Morgan fingerprint density at radius 3 is 2.37 bits per heavy atom. The summed E-state index contributed by atoms with van der Waals surface area (Å²) in [6.07, 6.45) is 0. The minimum atomic E-state index is -0.570.